The molecule has 3 saturated carbocycles. The second kappa shape index (κ2) is 7.52. The summed E-state index contributed by atoms with van der Waals surface area (Å²) in [6.45, 7) is 5.21. The molecule has 168 valence electrons. The van der Waals surface area contributed by atoms with Crippen LogP contribution in [-0.2, 0) is 19.1 Å². The van der Waals surface area contributed by atoms with Crippen molar-refractivity contribution in [2.45, 2.75) is 64.6 Å². The summed E-state index contributed by atoms with van der Waals surface area (Å²) >= 11 is 0. The Kier molecular flexibility index (Phi) is 5.38. The van der Waals surface area contributed by atoms with Crippen molar-refractivity contribution in [3.8, 4) is 0 Å². The van der Waals surface area contributed by atoms with Gasteiger partial charge in [0.1, 0.15) is 5.60 Å². The van der Waals surface area contributed by atoms with Crippen LogP contribution < -0.4 is 0 Å². The van der Waals surface area contributed by atoms with Crippen molar-refractivity contribution in [3.05, 3.63) is 36.0 Å². The predicted molar refractivity (Wildman–Crippen MR) is 114 cm³/mol. The summed E-state index contributed by atoms with van der Waals surface area (Å²) in [7, 11) is 0. The lowest BCUT2D eigenvalue weighted by Crippen LogP contribution is -2.61. The molecular weight excluding hydrogens is 396 g/mol. The summed E-state index contributed by atoms with van der Waals surface area (Å²) in [4.78, 5) is 36.6. The van der Waals surface area contributed by atoms with Gasteiger partial charge in [-0.1, -0.05) is 31.6 Å². The Morgan fingerprint density at radius 2 is 2.03 bits per heavy atom. The summed E-state index contributed by atoms with van der Waals surface area (Å²) in [5.41, 5.74) is -1.73. The van der Waals surface area contributed by atoms with E-state index in [4.69, 9.17) is 4.74 Å². The van der Waals surface area contributed by atoms with Crippen LogP contribution in [-0.4, -0.2) is 46.1 Å². The number of aliphatic hydroxyl groups is 2. The molecule has 0 bridgehead atoms. The second-order valence-corrected chi connectivity index (χ2v) is 10.1. The Morgan fingerprint density at radius 1 is 1.29 bits per heavy atom. The van der Waals surface area contributed by atoms with Gasteiger partial charge in [-0.3, -0.25) is 9.59 Å². The lowest BCUT2D eigenvalue weighted by atomic mass is 9.46. The minimum absolute atomic E-state index is 0.00522. The number of ketones is 2. The van der Waals surface area contributed by atoms with Gasteiger partial charge in [-0.15, -0.1) is 0 Å². The normalized spacial score (nSPS) is 43.8. The molecule has 4 aliphatic rings. The maximum absolute atomic E-state index is 13.0. The molecule has 31 heavy (non-hydrogen) atoms. The Balaban J connectivity index is 1.61. The topological polar surface area (TPSA) is 101 Å². The molecule has 6 nitrogen and oxygen atoms in total. The lowest BCUT2D eigenvalue weighted by Gasteiger charge is -2.59. The highest BCUT2D eigenvalue weighted by atomic mass is 16.5. The van der Waals surface area contributed by atoms with Crippen molar-refractivity contribution in [2.75, 3.05) is 6.61 Å². The number of hydrogen-bond acceptors (Lipinski definition) is 6. The standard InChI is InChI=1S/C25H32O6/c1-4-5-21(29)31-14-20(28)25(30)11-9-18-17-7-6-15-12-16(26)8-10-23(15,2)22(17)19(27)13-24(18,25)3/h4-5,8,10,12,17-19,22,27,30H,6-7,9,11,13-14H2,1-3H3/b5-4+/t17-,18-,19-,22+,23-,24-,25-/m0/s1. The van der Waals surface area contributed by atoms with Crippen molar-refractivity contribution in [2.24, 2.45) is 28.6 Å². The van der Waals surface area contributed by atoms with Crippen molar-refractivity contribution in [3.63, 3.8) is 0 Å². The number of esters is 1. The third-order valence-electron chi connectivity index (χ3n) is 8.76. The summed E-state index contributed by atoms with van der Waals surface area (Å²) in [6.07, 6.45) is 10.2. The molecule has 0 aromatic carbocycles. The number of allylic oxidation sites excluding steroid dienone is 5. The van der Waals surface area contributed by atoms with Gasteiger partial charge >= 0.3 is 5.97 Å². The van der Waals surface area contributed by atoms with Gasteiger partial charge in [-0.2, -0.15) is 0 Å². The zero-order valence-corrected chi connectivity index (χ0v) is 18.5. The van der Waals surface area contributed by atoms with E-state index in [0.29, 0.717) is 19.3 Å². The first-order valence-corrected chi connectivity index (χ1v) is 11.2. The van der Waals surface area contributed by atoms with E-state index < -0.39 is 35.5 Å². The molecular formula is C25H32O6. The van der Waals surface area contributed by atoms with Crippen LogP contribution in [0.15, 0.2) is 36.0 Å². The molecule has 0 saturated heterocycles. The van der Waals surface area contributed by atoms with Crippen LogP contribution in [0.4, 0.5) is 0 Å². The Hall–Kier alpha value is -2.05. The Morgan fingerprint density at radius 3 is 2.74 bits per heavy atom. The summed E-state index contributed by atoms with van der Waals surface area (Å²) in [5.74, 6) is -0.950. The molecule has 4 rings (SSSR count). The van der Waals surface area contributed by atoms with E-state index in [2.05, 4.69) is 6.92 Å². The molecule has 0 aliphatic heterocycles. The van der Waals surface area contributed by atoms with Crippen molar-refractivity contribution in [1.29, 1.82) is 0 Å². The van der Waals surface area contributed by atoms with Crippen molar-refractivity contribution < 1.29 is 29.3 Å². The Bertz CT molecular complexity index is 900. The number of carbonyl (C=O) groups is 3. The van der Waals surface area contributed by atoms with Gasteiger partial charge in [-0.25, -0.2) is 4.79 Å². The molecule has 0 radical (unpaired) electrons. The van der Waals surface area contributed by atoms with Crippen LogP contribution >= 0.6 is 0 Å². The molecule has 0 heterocycles. The maximum atomic E-state index is 13.0. The van der Waals surface area contributed by atoms with Crippen LogP contribution in [0.5, 0.6) is 0 Å². The highest BCUT2D eigenvalue weighted by Crippen LogP contribution is 2.67. The first-order chi connectivity index (χ1) is 14.6. The molecule has 0 aromatic heterocycles. The zero-order chi connectivity index (χ0) is 22.6. The number of rotatable bonds is 4. The minimum Gasteiger partial charge on any atom is -0.454 e. The van der Waals surface area contributed by atoms with Crippen molar-refractivity contribution in [1.82, 2.24) is 0 Å². The number of Topliss-reactive ketones (excluding diaryl/α,β-unsaturated/α-hetero) is 1. The van der Waals surface area contributed by atoms with Gasteiger partial charge < -0.3 is 14.9 Å². The molecule has 0 amide bonds. The highest BCUT2D eigenvalue weighted by molar-refractivity contribution is 6.01. The van der Waals surface area contributed by atoms with E-state index in [-0.39, 0.29) is 29.0 Å². The first-order valence-electron chi connectivity index (χ1n) is 11.2. The van der Waals surface area contributed by atoms with Gasteiger partial charge in [0.25, 0.3) is 0 Å². The first kappa shape index (κ1) is 22.2. The molecule has 6 heteroatoms. The monoisotopic (exact) mass is 428 g/mol. The molecule has 4 aliphatic carbocycles. The third-order valence-corrected chi connectivity index (χ3v) is 8.76. The second-order valence-electron chi connectivity index (χ2n) is 10.1. The van der Waals surface area contributed by atoms with Crippen molar-refractivity contribution >= 4 is 17.5 Å². The average Bonchev–Trinajstić information content (AvgIpc) is 2.98. The molecule has 0 unspecified atom stereocenters. The van der Waals surface area contributed by atoms with E-state index >= 15 is 0 Å². The number of carbonyl (C=O) groups excluding carboxylic acids is 3. The number of ether oxygens (including phenoxy) is 1. The fourth-order valence-electron chi connectivity index (χ4n) is 7.23. The number of hydrogen-bond donors (Lipinski definition) is 2. The fourth-order valence-corrected chi connectivity index (χ4v) is 7.23. The van der Waals surface area contributed by atoms with Gasteiger partial charge in [0.2, 0.25) is 5.78 Å². The fraction of sp³-hybridized carbons (Fsp3) is 0.640. The number of fused-ring (bicyclic) bond motifs is 5. The smallest absolute Gasteiger partial charge is 0.330 e. The van der Waals surface area contributed by atoms with Gasteiger partial charge in [0.15, 0.2) is 12.4 Å². The molecule has 2 N–H and O–H groups in total. The molecule has 3 fully saturated rings. The van der Waals surface area contributed by atoms with Crippen LogP contribution in [0.2, 0.25) is 0 Å². The van der Waals surface area contributed by atoms with Crippen LogP contribution in [0.1, 0.15) is 52.9 Å². The van der Waals surface area contributed by atoms with E-state index in [1.54, 1.807) is 19.1 Å². The van der Waals surface area contributed by atoms with Gasteiger partial charge in [-0.05, 0) is 63.0 Å². The summed E-state index contributed by atoms with van der Waals surface area (Å²) in [6, 6.07) is 0. The van der Waals surface area contributed by atoms with E-state index in [9.17, 15) is 24.6 Å². The largest absolute Gasteiger partial charge is 0.454 e. The summed E-state index contributed by atoms with van der Waals surface area (Å²) < 4.78 is 5.03. The summed E-state index contributed by atoms with van der Waals surface area (Å²) in [5, 5.41) is 22.9. The molecule has 0 aromatic rings. The lowest BCUT2D eigenvalue weighted by molar-refractivity contribution is -0.180. The van der Waals surface area contributed by atoms with Gasteiger partial charge in [0, 0.05) is 22.8 Å². The zero-order valence-electron chi connectivity index (χ0n) is 18.5. The average molecular weight is 429 g/mol. The number of aliphatic hydroxyl groups excluding tert-OH is 1. The minimum atomic E-state index is -1.63. The molecule has 0 spiro atoms. The maximum Gasteiger partial charge on any atom is 0.330 e. The Labute approximate surface area is 183 Å². The predicted octanol–water partition coefficient (Wildman–Crippen LogP) is 2.68. The van der Waals surface area contributed by atoms with Crippen LogP contribution in [0, 0.1) is 28.6 Å². The SMILES string of the molecule is C/C=C/C(=O)OCC(=O)[C@@]1(O)CC[C@H]2[C@@H]3CCC4=CC(=O)C=C[C@]4(C)[C@H]3[C@@H](O)C[C@@]21C. The molecule has 7 atom stereocenters. The third kappa shape index (κ3) is 3.18. The van der Waals surface area contributed by atoms with Crippen LogP contribution in [0.3, 0.4) is 0 Å². The quantitative estimate of drug-likeness (QED) is 0.527. The van der Waals surface area contributed by atoms with E-state index in [1.807, 2.05) is 13.0 Å². The van der Waals surface area contributed by atoms with E-state index in [0.717, 1.165) is 18.4 Å². The highest BCUT2D eigenvalue weighted by Gasteiger charge is 2.68. The van der Waals surface area contributed by atoms with Gasteiger partial charge in [0.05, 0.1) is 6.10 Å². The van der Waals surface area contributed by atoms with Crippen LogP contribution in [0.25, 0.3) is 0 Å². The van der Waals surface area contributed by atoms with E-state index in [1.165, 1.54) is 12.2 Å².